The SMILES string of the molecule is CC[C@H](C(=O)NCC(C)C)N(CCc1ccccc1)C(=O)CN(c1ccc2c(c1)OCCO2)S(=O)(=O)CC. The van der Waals surface area contributed by atoms with E-state index in [2.05, 4.69) is 5.32 Å². The Bertz CT molecular complexity index is 1190. The lowest BCUT2D eigenvalue weighted by Gasteiger charge is -2.33. The number of hydrogen-bond donors (Lipinski definition) is 1. The van der Waals surface area contributed by atoms with Gasteiger partial charge in [0, 0.05) is 19.2 Å². The summed E-state index contributed by atoms with van der Waals surface area (Å²) < 4.78 is 38.6. The fraction of sp³-hybridized carbons (Fsp3) is 0.500. The molecule has 1 N–H and O–H groups in total. The normalized spacial score (nSPS) is 13.6. The second-order valence-corrected chi connectivity index (χ2v) is 11.8. The van der Waals surface area contributed by atoms with E-state index >= 15 is 0 Å². The fourth-order valence-corrected chi connectivity index (χ4v) is 5.28. The van der Waals surface area contributed by atoms with Crippen LogP contribution in [0.25, 0.3) is 0 Å². The summed E-state index contributed by atoms with van der Waals surface area (Å²) in [6.07, 6.45) is 0.931. The van der Waals surface area contributed by atoms with Gasteiger partial charge in [-0.05, 0) is 43.4 Å². The van der Waals surface area contributed by atoms with Crippen LogP contribution >= 0.6 is 0 Å². The maximum Gasteiger partial charge on any atom is 0.244 e. The van der Waals surface area contributed by atoms with E-state index in [1.807, 2.05) is 51.1 Å². The minimum atomic E-state index is -3.82. The van der Waals surface area contributed by atoms with Crippen molar-refractivity contribution in [3.8, 4) is 11.5 Å². The van der Waals surface area contributed by atoms with E-state index < -0.39 is 28.5 Å². The summed E-state index contributed by atoms with van der Waals surface area (Å²) in [5, 5.41) is 2.93. The molecule has 1 atom stereocenters. The van der Waals surface area contributed by atoms with Gasteiger partial charge >= 0.3 is 0 Å². The summed E-state index contributed by atoms with van der Waals surface area (Å²) in [6, 6.07) is 13.8. The number of fused-ring (bicyclic) bond motifs is 1. The minimum Gasteiger partial charge on any atom is -0.486 e. The summed E-state index contributed by atoms with van der Waals surface area (Å²) >= 11 is 0. The van der Waals surface area contributed by atoms with Gasteiger partial charge in [0.25, 0.3) is 0 Å². The molecule has 0 aliphatic carbocycles. The minimum absolute atomic E-state index is 0.190. The number of benzene rings is 2. The third-order valence-electron chi connectivity index (χ3n) is 6.35. The molecular weight excluding hydrogens is 506 g/mol. The van der Waals surface area contributed by atoms with Crippen molar-refractivity contribution in [2.45, 2.75) is 46.6 Å². The molecule has 3 rings (SSSR count). The molecule has 0 fully saturated rings. The number of hydrogen-bond acceptors (Lipinski definition) is 6. The van der Waals surface area contributed by atoms with Crippen LogP contribution in [0.1, 0.15) is 39.7 Å². The van der Waals surface area contributed by atoms with E-state index in [0.29, 0.717) is 49.8 Å². The van der Waals surface area contributed by atoms with Crippen LogP contribution in [-0.2, 0) is 26.0 Å². The Morgan fingerprint density at radius 3 is 2.32 bits per heavy atom. The summed E-state index contributed by atoms with van der Waals surface area (Å²) in [4.78, 5) is 28.5. The molecule has 9 nitrogen and oxygen atoms in total. The number of rotatable bonds is 13. The van der Waals surface area contributed by atoms with Crippen LogP contribution in [0.15, 0.2) is 48.5 Å². The molecule has 0 bridgehead atoms. The summed E-state index contributed by atoms with van der Waals surface area (Å²) in [6.45, 7) is 8.48. The first kappa shape index (κ1) is 29.3. The second kappa shape index (κ2) is 13.5. The molecule has 10 heteroatoms. The van der Waals surface area contributed by atoms with Gasteiger partial charge < -0.3 is 19.7 Å². The molecule has 0 aromatic heterocycles. The van der Waals surface area contributed by atoms with E-state index in [1.54, 1.807) is 18.2 Å². The van der Waals surface area contributed by atoms with Crippen molar-refractivity contribution in [3.05, 3.63) is 54.1 Å². The molecule has 0 saturated carbocycles. The Balaban J connectivity index is 1.91. The van der Waals surface area contributed by atoms with Crippen molar-refractivity contribution in [3.63, 3.8) is 0 Å². The average molecular weight is 546 g/mol. The number of nitrogens with one attached hydrogen (secondary N) is 1. The zero-order valence-corrected chi connectivity index (χ0v) is 23.5. The number of ether oxygens (including phenoxy) is 2. The molecule has 0 spiro atoms. The highest BCUT2D eigenvalue weighted by Gasteiger charge is 2.32. The van der Waals surface area contributed by atoms with E-state index in [-0.39, 0.29) is 24.1 Å². The summed E-state index contributed by atoms with van der Waals surface area (Å²) in [5.41, 5.74) is 1.33. The average Bonchev–Trinajstić information content (AvgIpc) is 2.92. The monoisotopic (exact) mass is 545 g/mol. The van der Waals surface area contributed by atoms with Crippen molar-refractivity contribution >= 4 is 27.5 Å². The van der Waals surface area contributed by atoms with Gasteiger partial charge in [0.2, 0.25) is 21.8 Å². The lowest BCUT2D eigenvalue weighted by atomic mass is 10.1. The molecule has 1 aliphatic heterocycles. The van der Waals surface area contributed by atoms with Crippen LogP contribution in [0, 0.1) is 5.92 Å². The number of anilines is 1. The molecule has 2 amide bonds. The van der Waals surface area contributed by atoms with Crippen LogP contribution in [0.2, 0.25) is 0 Å². The molecule has 1 heterocycles. The first-order valence-electron chi connectivity index (χ1n) is 13.2. The Hall–Kier alpha value is -3.27. The number of sulfonamides is 1. The van der Waals surface area contributed by atoms with E-state index in [1.165, 1.54) is 11.8 Å². The van der Waals surface area contributed by atoms with Gasteiger partial charge in [-0.25, -0.2) is 8.42 Å². The van der Waals surface area contributed by atoms with E-state index in [9.17, 15) is 18.0 Å². The van der Waals surface area contributed by atoms with Gasteiger partial charge in [-0.15, -0.1) is 0 Å². The van der Waals surface area contributed by atoms with Gasteiger partial charge in [-0.1, -0.05) is 51.1 Å². The van der Waals surface area contributed by atoms with Gasteiger partial charge in [0.1, 0.15) is 25.8 Å². The third kappa shape index (κ3) is 7.63. The molecule has 0 radical (unpaired) electrons. The summed E-state index contributed by atoms with van der Waals surface area (Å²) in [7, 11) is -3.82. The van der Waals surface area contributed by atoms with Crippen LogP contribution in [0.4, 0.5) is 5.69 Å². The molecule has 1 aliphatic rings. The van der Waals surface area contributed by atoms with Gasteiger partial charge in [0.05, 0.1) is 11.4 Å². The lowest BCUT2D eigenvalue weighted by Crippen LogP contribution is -2.53. The molecule has 0 unspecified atom stereocenters. The highest BCUT2D eigenvalue weighted by Crippen LogP contribution is 2.35. The Kier molecular flexibility index (Phi) is 10.4. The molecule has 2 aromatic rings. The maximum absolute atomic E-state index is 13.8. The first-order valence-corrected chi connectivity index (χ1v) is 14.8. The molecule has 208 valence electrons. The van der Waals surface area contributed by atoms with Crippen LogP contribution in [-0.4, -0.2) is 69.8 Å². The zero-order valence-electron chi connectivity index (χ0n) is 22.7. The predicted molar refractivity (Wildman–Crippen MR) is 148 cm³/mol. The van der Waals surface area contributed by atoms with Crippen molar-refractivity contribution in [2.75, 3.05) is 42.9 Å². The number of amides is 2. The smallest absolute Gasteiger partial charge is 0.244 e. The molecule has 38 heavy (non-hydrogen) atoms. The molecular formula is C28H39N3O6S. The standard InChI is InChI=1S/C28H39N3O6S/c1-5-24(28(33)29-19-21(3)4)30(15-14-22-10-8-7-9-11-22)27(32)20-31(38(34,35)6-2)23-12-13-25-26(18-23)37-17-16-36-25/h7-13,18,21,24H,5-6,14-17,19-20H2,1-4H3,(H,29,33)/t24-/m1/s1. The number of nitrogens with zero attached hydrogens (tertiary/aromatic N) is 2. The third-order valence-corrected chi connectivity index (χ3v) is 8.09. The van der Waals surface area contributed by atoms with Gasteiger partial charge in [-0.2, -0.15) is 0 Å². The van der Waals surface area contributed by atoms with Crippen molar-refractivity contribution in [2.24, 2.45) is 5.92 Å². The topological polar surface area (TPSA) is 105 Å². The van der Waals surface area contributed by atoms with Crippen molar-refractivity contribution in [1.82, 2.24) is 10.2 Å². The highest BCUT2D eigenvalue weighted by molar-refractivity contribution is 7.92. The predicted octanol–water partition coefficient (Wildman–Crippen LogP) is 3.24. The Labute approximate surface area is 226 Å². The van der Waals surface area contributed by atoms with Gasteiger partial charge in [0.15, 0.2) is 11.5 Å². The second-order valence-electron chi connectivity index (χ2n) is 9.62. The largest absolute Gasteiger partial charge is 0.486 e. The maximum atomic E-state index is 13.8. The number of carbonyl (C=O) groups excluding carboxylic acids is 2. The highest BCUT2D eigenvalue weighted by atomic mass is 32.2. The van der Waals surface area contributed by atoms with E-state index in [0.717, 1.165) is 9.87 Å². The van der Waals surface area contributed by atoms with Crippen LogP contribution < -0.4 is 19.1 Å². The number of carbonyl (C=O) groups is 2. The van der Waals surface area contributed by atoms with E-state index in [4.69, 9.17) is 9.47 Å². The lowest BCUT2D eigenvalue weighted by molar-refractivity contribution is -0.139. The molecule has 2 aromatic carbocycles. The summed E-state index contributed by atoms with van der Waals surface area (Å²) in [5.74, 6) is 0.331. The first-order chi connectivity index (χ1) is 18.2. The Morgan fingerprint density at radius 2 is 1.68 bits per heavy atom. The van der Waals surface area contributed by atoms with Crippen LogP contribution in [0.3, 0.4) is 0 Å². The quantitative estimate of drug-likeness (QED) is 0.414. The van der Waals surface area contributed by atoms with Crippen molar-refractivity contribution < 1.29 is 27.5 Å². The fourth-order valence-electron chi connectivity index (χ4n) is 4.23. The van der Waals surface area contributed by atoms with Crippen molar-refractivity contribution in [1.29, 1.82) is 0 Å². The molecule has 0 saturated heterocycles. The van der Waals surface area contributed by atoms with Crippen LogP contribution in [0.5, 0.6) is 11.5 Å². The Morgan fingerprint density at radius 1 is 1.00 bits per heavy atom. The van der Waals surface area contributed by atoms with Gasteiger partial charge in [-0.3, -0.25) is 13.9 Å². The zero-order chi connectivity index (χ0) is 27.7.